The van der Waals surface area contributed by atoms with E-state index >= 15 is 0 Å². The number of hydrogen-bond donors (Lipinski definition) is 1. The summed E-state index contributed by atoms with van der Waals surface area (Å²) in [5.74, 6) is 0.508. The van der Waals surface area contributed by atoms with E-state index in [2.05, 4.69) is 0 Å². The molecule has 1 aromatic rings. The first kappa shape index (κ1) is 16.1. The standard InChI is InChI=1S/C16H22ClNO3/c1-11(19)14-10-13(17)6-7-15(14)21-12(2)16(20)18-8-4-3-5-9-18/h6-7,10-12,19H,3-5,8-9H2,1-2H3/t11-,12?/m1/s1. The molecule has 0 aromatic heterocycles. The maximum Gasteiger partial charge on any atom is 0.263 e. The number of rotatable bonds is 4. The summed E-state index contributed by atoms with van der Waals surface area (Å²) in [4.78, 5) is 14.2. The van der Waals surface area contributed by atoms with Gasteiger partial charge in [0.15, 0.2) is 6.10 Å². The summed E-state index contributed by atoms with van der Waals surface area (Å²) in [6, 6.07) is 5.06. The highest BCUT2D eigenvalue weighted by Gasteiger charge is 2.24. The second kappa shape index (κ2) is 7.14. The van der Waals surface area contributed by atoms with Crippen molar-refractivity contribution in [2.75, 3.05) is 13.1 Å². The number of halogens is 1. The third-order valence-corrected chi connectivity index (χ3v) is 3.98. The van der Waals surface area contributed by atoms with Crippen LogP contribution in [0, 0.1) is 0 Å². The summed E-state index contributed by atoms with van der Waals surface area (Å²) < 4.78 is 5.77. The maximum absolute atomic E-state index is 12.4. The van der Waals surface area contributed by atoms with E-state index in [-0.39, 0.29) is 5.91 Å². The predicted octanol–water partition coefficient (Wildman–Crippen LogP) is 3.17. The summed E-state index contributed by atoms with van der Waals surface area (Å²) in [6.07, 6.45) is 2.02. The number of carbonyl (C=O) groups is 1. The molecule has 1 N–H and O–H groups in total. The largest absolute Gasteiger partial charge is 0.481 e. The van der Waals surface area contributed by atoms with Gasteiger partial charge in [-0.1, -0.05) is 11.6 Å². The lowest BCUT2D eigenvalue weighted by Crippen LogP contribution is -2.43. The van der Waals surface area contributed by atoms with E-state index in [1.807, 2.05) is 4.90 Å². The Morgan fingerprint density at radius 1 is 1.29 bits per heavy atom. The Hall–Kier alpha value is -1.26. The van der Waals surface area contributed by atoms with Crippen LogP contribution in [0.15, 0.2) is 18.2 Å². The van der Waals surface area contributed by atoms with Crippen molar-refractivity contribution in [1.82, 2.24) is 4.90 Å². The van der Waals surface area contributed by atoms with E-state index in [4.69, 9.17) is 16.3 Å². The SMILES string of the molecule is CC(Oc1ccc(Cl)cc1[C@@H](C)O)C(=O)N1CCCCC1. The molecule has 1 aliphatic heterocycles. The smallest absolute Gasteiger partial charge is 0.263 e. The molecule has 0 saturated carbocycles. The van der Waals surface area contributed by atoms with Crippen LogP contribution in [0.25, 0.3) is 0 Å². The molecule has 0 bridgehead atoms. The average Bonchev–Trinajstić information content (AvgIpc) is 2.49. The van der Waals surface area contributed by atoms with Gasteiger partial charge in [0.1, 0.15) is 5.75 Å². The Morgan fingerprint density at radius 2 is 1.95 bits per heavy atom. The van der Waals surface area contributed by atoms with E-state index in [9.17, 15) is 9.90 Å². The summed E-state index contributed by atoms with van der Waals surface area (Å²) in [5.41, 5.74) is 0.598. The summed E-state index contributed by atoms with van der Waals surface area (Å²) in [5, 5.41) is 10.3. The molecule has 1 fully saturated rings. The number of benzene rings is 1. The van der Waals surface area contributed by atoms with Crippen LogP contribution >= 0.6 is 11.6 Å². The molecule has 0 spiro atoms. The molecule has 2 atom stereocenters. The number of aliphatic hydroxyl groups is 1. The van der Waals surface area contributed by atoms with E-state index in [1.54, 1.807) is 32.0 Å². The first-order valence-electron chi connectivity index (χ1n) is 7.42. The topological polar surface area (TPSA) is 49.8 Å². The van der Waals surface area contributed by atoms with Crippen LogP contribution in [0.1, 0.15) is 44.8 Å². The molecule has 1 aromatic carbocycles. The van der Waals surface area contributed by atoms with Gasteiger partial charge < -0.3 is 14.7 Å². The fourth-order valence-electron chi connectivity index (χ4n) is 2.57. The maximum atomic E-state index is 12.4. The van der Waals surface area contributed by atoms with Gasteiger partial charge >= 0.3 is 0 Å². The fourth-order valence-corrected chi connectivity index (χ4v) is 2.75. The number of hydrogen-bond acceptors (Lipinski definition) is 3. The zero-order valence-corrected chi connectivity index (χ0v) is 13.3. The van der Waals surface area contributed by atoms with Crippen molar-refractivity contribution in [3.63, 3.8) is 0 Å². The van der Waals surface area contributed by atoms with E-state index in [1.165, 1.54) is 6.42 Å². The normalized spacial score (nSPS) is 18.2. The van der Waals surface area contributed by atoms with Gasteiger partial charge in [-0.05, 0) is 51.3 Å². The van der Waals surface area contributed by atoms with E-state index in [0.717, 1.165) is 25.9 Å². The van der Waals surface area contributed by atoms with Crippen LogP contribution in [0.3, 0.4) is 0 Å². The molecular weight excluding hydrogens is 290 g/mol. The van der Waals surface area contributed by atoms with Crippen LogP contribution in [-0.2, 0) is 4.79 Å². The Balaban J connectivity index is 2.08. The molecule has 1 aliphatic rings. The van der Waals surface area contributed by atoms with Crippen molar-refractivity contribution in [2.24, 2.45) is 0 Å². The van der Waals surface area contributed by atoms with Gasteiger partial charge in [-0.15, -0.1) is 0 Å². The van der Waals surface area contributed by atoms with E-state index < -0.39 is 12.2 Å². The summed E-state index contributed by atoms with van der Waals surface area (Å²) in [7, 11) is 0. The second-order valence-corrected chi connectivity index (χ2v) is 5.94. The van der Waals surface area contributed by atoms with Gasteiger partial charge in [-0.2, -0.15) is 0 Å². The van der Waals surface area contributed by atoms with Gasteiger partial charge in [-0.3, -0.25) is 4.79 Å². The van der Waals surface area contributed by atoms with Crippen LogP contribution in [0.2, 0.25) is 5.02 Å². The molecule has 0 radical (unpaired) electrons. The highest BCUT2D eigenvalue weighted by atomic mass is 35.5. The van der Waals surface area contributed by atoms with Crippen molar-refractivity contribution in [2.45, 2.75) is 45.3 Å². The number of piperidine rings is 1. The molecule has 1 saturated heterocycles. The van der Waals surface area contributed by atoms with Crippen molar-refractivity contribution in [3.8, 4) is 5.75 Å². The molecule has 1 unspecified atom stereocenters. The number of ether oxygens (including phenoxy) is 1. The van der Waals surface area contributed by atoms with Crippen molar-refractivity contribution >= 4 is 17.5 Å². The minimum Gasteiger partial charge on any atom is -0.481 e. The summed E-state index contributed by atoms with van der Waals surface area (Å²) >= 11 is 5.94. The lowest BCUT2D eigenvalue weighted by atomic mass is 10.1. The van der Waals surface area contributed by atoms with Crippen molar-refractivity contribution in [3.05, 3.63) is 28.8 Å². The minimum atomic E-state index is -0.698. The average molecular weight is 312 g/mol. The van der Waals surface area contributed by atoms with Gasteiger partial charge in [0, 0.05) is 23.7 Å². The lowest BCUT2D eigenvalue weighted by molar-refractivity contribution is -0.138. The Labute approximate surface area is 130 Å². The van der Waals surface area contributed by atoms with Gasteiger partial charge in [-0.25, -0.2) is 0 Å². The fraction of sp³-hybridized carbons (Fsp3) is 0.562. The number of likely N-dealkylation sites (tertiary alicyclic amines) is 1. The Bertz CT molecular complexity index is 498. The van der Waals surface area contributed by atoms with Crippen molar-refractivity contribution in [1.29, 1.82) is 0 Å². The molecular formula is C16H22ClNO3. The third kappa shape index (κ3) is 4.11. The first-order chi connectivity index (χ1) is 9.99. The number of carbonyl (C=O) groups excluding carboxylic acids is 1. The third-order valence-electron chi connectivity index (χ3n) is 3.74. The van der Waals surface area contributed by atoms with Crippen molar-refractivity contribution < 1.29 is 14.6 Å². The van der Waals surface area contributed by atoms with Crippen LogP contribution in [-0.4, -0.2) is 35.1 Å². The second-order valence-electron chi connectivity index (χ2n) is 5.50. The van der Waals surface area contributed by atoms with Gasteiger partial charge in [0.2, 0.25) is 0 Å². The monoisotopic (exact) mass is 311 g/mol. The Morgan fingerprint density at radius 3 is 2.57 bits per heavy atom. The zero-order valence-electron chi connectivity index (χ0n) is 12.5. The molecule has 0 aliphatic carbocycles. The first-order valence-corrected chi connectivity index (χ1v) is 7.80. The van der Waals surface area contributed by atoms with E-state index in [0.29, 0.717) is 16.3 Å². The molecule has 1 amide bonds. The minimum absolute atomic E-state index is 0.00110. The van der Waals surface area contributed by atoms with Crippen LogP contribution in [0.5, 0.6) is 5.75 Å². The summed E-state index contributed by atoms with van der Waals surface area (Å²) in [6.45, 7) is 5.00. The lowest BCUT2D eigenvalue weighted by Gasteiger charge is -2.29. The van der Waals surface area contributed by atoms with Crippen LogP contribution < -0.4 is 4.74 Å². The molecule has 21 heavy (non-hydrogen) atoms. The number of aliphatic hydroxyl groups excluding tert-OH is 1. The Kier molecular flexibility index (Phi) is 5.48. The molecule has 1 heterocycles. The molecule has 2 rings (SSSR count). The number of amides is 1. The van der Waals surface area contributed by atoms with Gasteiger partial charge in [0.25, 0.3) is 5.91 Å². The molecule has 5 heteroatoms. The molecule has 4 nitrogen and oxygen atoms in total. The highest BCUT2D eigenvalue weighted by molar-refractivity contribution is 6.30. The van der Waals surface area contributed by atoms with Gasteiger partial charge in [0.05, 0.1) is 6.10 Å². The predicted molar refractivity (Wildman–Crippen MR) is 82.6 cm³/mol. The quantitative estimate of drug-likeness (QED) is 0.929. The highest BCUT2D eigenvalue weighted by Crippen LogP contribution is 2.29. The van der Waals surface area contributed by atoms with Crippen LogP contribution in [0.4, 0.5) is 0 Å². The zero-order chi connectivity index (χ0) is 15.4. The number of nitrogens with zero attached hydrogens (tertiary/aromatic N) is 1. The molecule has 116 valence electrons.